The van der Waals surface area contributed by atoms with Crippen molar-refractivity contribution in [3.05, 3.63) is 46.6 Å². The van der Waals surface area contributed by atoms with Crippen molar-refractivity contribution in [2.24, 2.45) is 0 Å². The number of halogens is 1. The van der Waals surface area contributed by atoms with E-state index in [-0.39, 0.29) is 5.91 Å². The summed E-state index contributed by atoms with van der Waals surface area (Å²) in [4.78, 5) is 11.9. The number of hydrogen-bond acceptors (Lipinski definition) is 4. The molecule has 0 unspecified atom stereocenters. The van der Waals surface area contributed by atoms with Crippen LogP contribution >= 0.6 is 11.6 Å². The standard InChI is InChI=1S/C17H21ClN4O/c1-3-4-5-10-19-17(23)15-8-9-16(22-21-15)20-13-7-6-12(2)14(18)11-13/h6-9,11H,3-5,10H2,1-2H3,(H,19,23)(H,20,22). The van der Waals surface area contributed by atoms with Gasteiger partial charge in [-0.3, -0.25) is 4.79 Å². The summed E-state index contributed by atoms with van der Waals surface area (Å²) in [6, 6.07) is 9.04. The maximum atomic E-state index is 11.9. The minimum atomic E-state index is -0.196. The van der Waals surface area contributed by atoms with Gasteiger partial charge in [-0.05, 0) is 43.2 Å². The number of aryl methyl sites for hydroxylation is 1. The average Bonchev–Trinajstić information content (AvgIpc) is 2.55. The molecule has 6 heteroatoms. The number of hydrogen-bond donors (Lipinski definition) is 2. The molecule has 0 spiro atoms. The lowest BCUT2D eigenvalue weighted by atomic mass is 10.2. The van der Waals surface area contributed by atoms with Crippen LogP contribution in [0.5, 0.6) is 0 Å². The Balaban J connectivity index is 1.93. The Morgan fingerprint density at radius 2 is 2.00 bits per heavy atom. The molecule has 1 heterocycles. The molecule has 0 aliphatic rings. The summed E-state index contributed by atoms with van der Waals surface area (Å²) in [7, 11) is 0. The van der Waals surface area contributed by atoms with Crippen molar-refractivity contribution in [2.75, 3.05) is 11.9 Å². The van der Waals surface area contributed by atoms with Crippen LogP contribution in [0.1, 0.15) is 42.2 Å². The van der Waals surface area contributed by atoms with Gasteiger partial charge in [0.25, 0.3) is 5.91 Å². The first-order chi connectivity index (χ1) is 11.1. The summed E-state index contributed by atoms with van der Waals surface area (Å²) in [5.41, 5.74) is 2.15. The Kier molecular flexibility index (Phi) is 6.35. The van der Waals surface area contributed by atoms with E-state index in [1.54, 1.807) is 12.1 Å². The summed E-state index contributed by atoms with van der Waals surface area (Å²) in [5.74, 6) is 0.367. The van der Waals surface area contributed by atoms with Gasteiger partial charge in [0.05, 0.1) is 0 Å². The second-order valence-electron chi connectivity index (χ2n) is 5.36. The zero-order chi connectivity index (χ0) is 16.7. The zero-order valence-electron chi connectivity index (χ0n) is 13.4. The molecule has 0 aliphatic carbocycles. The molecule has 1 aromatic carbocycles. The Bertz CT molecular complexity index is 658. The molecule has 2 aromatic rings. The third-order valence-corrected chi connectivity index (χ3v) is 3.81. The molecule has 0 saturated heterocycles. The average molecular weight is 333 g/mol. The van der Waals surface area contributed by atoms with E-state index in [9.17, 15) is 4.79 Å². The van der Waals surface area contributed by atoms with Crippen LogP contribution in [-0.2, 0) is 0 Å². The lowest BCUT2D eigenvalue weighted by molar-refractivity contribution is 0.0947. The van der Waals surface area contributed by atoms with E-state index in [0.29, 0.717) is 23.1 Å². The number of unbranched alkanes of at least 4 members (excludes halogenated alkanes) is 2. The maximum absolute atomic E-state index is 11.9. The number of aromatic nitrogens is 2. The molecule has 1 aromatic heterocycles. The Hall–Kier alpha value is -2.14. The predicted octanol–water partition coefficient (Wildman–Crippen LogP) is 4.10. The minimum absolute atomic E-state index is 0.196. The quantitative estimate of drug-likeness (QED) is 0.749. The molecular weight excluding hydrogens is 312 g/mol. The van der Waals surface area contributed by atoms with Gasteiger partial charge in [-0.15, -0.1) is 10.2 Å². The van der Waals surface area contributed by atoms with E-state index in [4.69, 9.17) is 11.6 Å². The highest BCUT2D eigenvalue weighted by molar-refractivity contribution is 6.31. The number of benzene rings is 1. The molecule has 23 heavy (non-hydrogen) atoms. The highest BCUT2D eigenvalue weighted by Crippen LogP contribution is 2.22. The van der Waals surface area contributed by atoms with Gasteiger partial charge in [-0.25, -0.2) is 0 Å². The lowest BCUT2D eigenvalue weighted by Crippen LogP contribution is -2.25. The van der Waals surface area contributed by atoms with Gasteiger partial charge in [0, 0.05) is 17.3 Å². The van der Waals surface area contributed by atoms with E-state index in [2.05, 4.69) is 27.8 Å². The van der Waals surface area contributed by atoms with Gasteiger partial charge in [0.15, 0.2) is 11.5 Å². The van der Waals surface area contributed by atoms with Crippen molar-refractivity contribution in [1.29, 1.82) is 0 Å². The summed E-state index contributed by atoms with van der Waals surface area (Å²) in [6.45, 7) is 4.73. The van der Waals surface area contributed by atoms with Crippen molar-refractivity contribution < 1.29 is 4.79 Å². The molecule has 5 nitrogen and oxygen atoms in total. The van der Waals surface area contributed by atoms with Crippen LogP contribution in [-0.4, -0.2) is 22.6 Å². The van der Waals surface area contributed by atoms with E-state index in [1.807, 2.05) is 25.1 Å². The van der Waals surface area contributed by atoms with Crippen LogP contribution in [0.15, 0.2) is 30.3 Å². The SMILES string of the molecule is CCCCCNC(=O)c1ccc(Nc2ccc(C)c(Cl)c2)nn1. The van der Waals surface area contributed by atoms with Gasteiger partial charge in [0.2, 0.25) is 0 Å². The molecule has 2 N–H and O–H groups in total. The van der Waals surface area contributed by atoms with Crippen LogP contribution in [0.2, 0.25) is 5.02 Å². The number of rotatable bonds is 7. The number of amides is 1. The van der Waals surface area contributed by atoms with Gasteiger partial charge >= 0.3 is 0 Å². The first-order valence-electron chi connectivity index (χ1n) is 7.75. The first-order valence-corrected chi connectivity index (χ1v) is 8.13. The maximum Gasteiger partial charge on any atom is 0.271 e. The zero-order valence-corrected chi connectivity index (χ0v) is 14.2. The molecule has 0 saturated carbocycles. The predicted molar refractivity (Wildman–Crippen MR) is 93.4 cm³/mol. The van der Waals surface area contributed by atoms with Crippen LogP contribution in [0.3, 0.4) is 0 Å². The van der Waals surface area contributed by atoms with Crippen molar-refractivity contribution in [2.45, 2.75) is 33.1 Å². The van der Waals surface area contributed by atoms with Crippen LogP contribution in [0.4, 0.5) is 11.5 Å². The Morgan fingerprint density at radius 1 is 1.17 bits per heavy atom. The van der Waals surface area contributed by atoms with Crippen LogP contribution in [0.25, 0.3) is 0 Å². The fourth-order valence-electron chi connectivity index (χ4n) is 2.01. The second-order valence-corrected chi connectivity index (χ2v) is 5.76. The van der Waals surface area contributed by atoms with Gasteiger partial charge in [-0.1, -0.05) is 37.4 Å². The van der Waals surface area contributed by atoms with Crippen LogP contribution < -0.4 is 10.6 Å². The molecule has 0 atom stereocenters. The van der Waals surface area contributed by atoms with E-state index < -0.39 is 0 Å². The van der Waals surface area contributed by atoms with Gasteiger partial charge < -0.3 is 10.6 Å². The third-order valence-electron chi connectivity index (χ3n) is 3.41. The van der Waals surface area contributed by atoms with E-state index in [0.717, 1.165) is 30.5 Å². The third kappa shape index (κ3) is 5.21. The summed E-state index contributed by atoms with van der Waals surface area (Å²) >= 11 is 6.09. The normalized spacial score (nSPS) is 10.4. The van der Waals surface area contributed by atoms with Crippen molar-refractivity contribution >= 4 is 29.0 Å². The minimum Gasteiger partial charge on any atom is -0.351 e. The van der Waals surface area contributed by atoms with Crippen molar-refractivity contribution in [1.82, 2.24) is 15.5 Å². The lowest BCUT2D eigenvalue weighted by Gasteiger charge is -2.07. The van der Waals surface area contributed by atoms with E-state index >= 15 is 0 Å². The molecular formula is C17H21ClN4O. The molecule has 0 fully saturated rings. The Morgan fingerprint density at radius 3 is 2.65 bits per heavy atom. The number of carbonyl (C=O) groups is 1. The Labute approximate surface area is 141 Å². The molecule has 2 rings (SSSR count). The summed E-state index contributed by atoms with van der Waals surface area (Å²) in [6.07, 6.45) is 3.20. The molecule has 122 valence electrons. The molecule has 0 aliphatic heterocycles. The number of anilines is 2. The highest BCUT2D eigenvalue weighted by Gasteiger charge is 2.07. The van der Waals surface area contributed by atoms with Gasteiger partial charge in [0.1, 0.15) is 0 Å². The fourth-order valence-corrected chi connectivity index (χ4v) is 2.19. The largest absolute Gasteiger partial charge is 0.351 e. The second kappa shape index (κ2) is 8.48. The number of carbonyl (C=O) groups excluding carboxylic acids is 1. The van der Waals surface area contributed by atoms with Gasteiger partial charge in [-0.2, -0.15) is 0 Å². The molecule has 0 radical (unpaired) electrons. The fraction of sp³-hybridized carbons (Fsp3) is 0.353. The summed E-state index contributed by atoms with van der Waals surface area (Å²) in [5, 5.41) is 14.6. The molecule has 1 amide bonds. The smallest absolute Gasteiger partial charge is 0.271 e. The van der Waals surface area contributed by atoms with Crippen molar-refractivity contribution in [3.8, 4) is 0 Å². The monoisotopic (exact) mass is 332 g/mol. The van der Waals surface area contributed by atoms with Crippen molar-refractivity contribution in [3.63, 3.8) is 0 Å². The van der Waals surface area contributed by atoms with Crippen LogP contribution in [0, 0.1) is 6.92 Å². The van der Waals surface area contributed by atoms with E-state index in [1.165, 1.54) is 0 Å². The highest BCUT2D eigenvalue weighted by atomic mass is 35.5. The first kappa shape index (κ1) is 17.2. The number of nitrogens with zero attached hydrogens (tertiary/aromatic N) is 2. The topological polar surface area (TPSA) is 66.9 Å². The molecule has 0 bridgehead atoms. The summed E-state index contributed by atoms with van der Waals surface area (Å²) < 4.78 is 0. The number of nitrogens with one attached hydrogen (secondary N) is 2.